The summed E-state index contributed by atoms with van der Waals surface area (Å²) in [5.74, 6) is 0.908. The first-order chi connectivity index (χ1) is 6.34. The maximum absolute atomic E-state index is 4.24. The first kappa shape index (κ1) is 8.50. The van der Waals surface area contributed by atoms with E-state index < -0.39 is 0 Å². The highest BCUT2D eigenvalue weighted by Gasteiger charge is 2.04. The van der Waals surface area contributed by atoms with Gasteiger partial charge in [-0.1, -0.05) is 0 Å². The third-order valence-corrected chi connectivity index (χ3v) is 2.69. The summed E-state index contributed by atoms with van der Waals surface area (Å²) in [7, 11) is 0. The van der Waals surface area contributed by atoms with E-state index in [1.165, 1.54) is 4.88 Å². The molecule has 0 saturated heterocycles. The smallest absolute Gasteiger partial charge is 0.191 e. The number of rotatable bonds is 2. The van der Waals surface area contributed by atoms with Crippen LogP contribution >= 0.6 is 11.3 Å². The predicted molar refractivity (Wildman–Crippen MR) is 54.0 cm³/mol. The Morgan fingerprint density at radius 2 is 2.62 bits per heavy atom. The molecule has 13 heavy (non-hydrogen) atoms. The van der Waals surface area contributed by atoms with Crippen molar-refractivity contribution < 1.29 is 0 Å². The van der Waals surface area contributed by atoms with E-state index in [4.69, 9.17) is 0 Å². The number of nitrogens with zero attached hydrogens (tertiary/aromatic N) is 2. The van der Waals surface area contributed by atoms with Crippen LogP contribution in [0.25, 0.3) is 0 Å². The summed E-state index contributed by atoms with van der Waals surface area (Å²) in [6.07, 6.45) is 1.91. The third-order valence-electron chi connectivity index (χ3n) is 1.77. The number of nitrogens with one attached hydrogen (secondary N) is 2. The van der Waals surface area contributed by atoms with E-state index in [1.54, 1.807) is 11.3 Å². The van der Waals surface area contributed by atoms with Crippen molar-refractivity contribution in [1.29, 1.82) is 0 Å². The lowest BCUT2D eigenvalue weighted by molar-refractivity contribution is 0.876. The molecule has 0 spiro atoms. The largest absolute Gasteiger partial charge is 0.355 e. The van der Waals surface area contributed by atoms with Gasteiger partial charge in [-0.15, -0.1) is 11.3 Å². The monoisotopic (exact) mass is 196 g/mol. The number of guanidine groups is 1. The van der Waals surface area contributed by atoms with Crippen LogP contribution in [0.3, 0.4) is 0 Å². The molecule has 0 aliphatic carbocycles. The molecule has 0 atom stereocenters. The van der Waals surface area contributed by atoms with Crippen molar-refractivity contribution >= 4 is 17.3 Å². The molecule has 0 amide bonds. The lowest BCUT2D eigenvalue weighted by atomic mass is 10.5. The third kappa shape index (κ3) is 2.18. The Morgan fingerprint density at radius 3 is 3.23 bits per heavy atom. The maximum Gasteiger partial charge on any atom is 0.191 e. The fraction of sp³-hybridized carbons (Fsp3) is 0.500. The SMILES string of the molecule is Cc1ncc(CNC2=NCCN2)s1. The van der Waals surface area contributed by atoms with E-state index >= 15 is 0 Å². The zero-order chi connectivity index (χ0) is 9.10. The Hall–Kier alpha value is -1.10. The van der Waals surface area contributed by atoms with Crippen molar-refractivity contribution in [1.82, 2.24) is 15.6 Å². The number of aliphatic imine (C=N–C) groups is 1. The van der Waals surface area contributed by atoms with Crippen LogP contribution in [-0.2, 0) is 6.54 Å². The Bertz CT molecular complexity index is 318. The van der Waals surface area contributed by atoms with Crippen molar-refractivity contribution in [3.63, 3.8) is 0 Å². The van der Waals surface area contributed by atoms with Gasteiger partial charge in [-0.05, 0) is 6.92 Å². The Balaban J connectivity index is 1.85. The van der Waals surface area contributed by atoms with Crippen LogP contribution in [0, 0.1) is 6.92 Å². The van der Waals surface area contributed by atoms with E-state index in [-0.39, 0.29) is 0 Å². The van der Waals surface area contributed by atoms with Crippen molar-refractivity contribution in [2.75, 3.05) is 13.1 Å². The highest BCUT2D eigenvalue weighted by Crippen LogP contribution is 2.10. The number of hydrogen-bond acceptors (Lipinski definition) is 5. The van der Waals surface area contributed by atoms with Gasteiger partial charge in [0.2, 0.25) is 0 Å². The summed E-state index contributed by atoms with van der Waals surface area (Å²) in [6.45, 7) is 4.66. The maximum atomic E-state index is 4.24. The van der Waals surface area contributed by atoms with E-state index in [0.29, 0.717) is 0 Å². The van der Waals surface area contributed by atoms with Crippen LogP contribution in [0.15, 0.2) is 11.2 Å². The van der Waals surface area contributed by atoms with E-state index in [9.17, 15) is 0 Å². The topological polar surface area (TPSA) is 49.3 Å². The second-order valence-electron chi connectivity index (χ2n) is 2.86. The van der Waals surface area contributed by atoms with Crippen LogP contribution < -0.4 is 10.6 Å². The van der Waals surface area contributed by atoms with Crippen molar-refractivity contribution in [3.8, 4) is 0 Å². The second-order valence-corrected chi connectivity index (χ2v) is 4.18. The Morgan fingerprint density at radius 1 is 1.69 bits per heavy atom. The molecule has 1 aromatic heterocycles. The molecule has 5 heteroatoms. The summed E-state index contributed by atoms with van der Waals surface area (Å²) in [5.41, 5.74) is 0. The van der Waals surface area contributed by atoms with Gasteiger partial charge in [0.25, 0.3) is 0 Å². The second kappa shape index (κ2) is 3.74. The summed E-state index contributed by atoms with van der Waals surface area (Å²) in [5, 5.41) is 7.49. The molecule has 0 unspecified atom stereocenters. The molecule has 70 valence electrons. The van der Waals surface area contributed by atoms with Crippen LogP contribution in [0.1, 0.15) is 9.88 Å². The van der Waals surface area contributed by atoms with Gasteiger partial charge >= 0.3 is 0 Å². The molecule has 2 rings (SSSR count). The van der Waals surface area contributed by atoms with Crippen LogP contribution in [-0.4, -0.2) is 24.0 Å². The normalized spacial score (nSPS) is 15.3. The van der Waals surface area contributed by atoms with Gasteiger partial charge in [0.05, 0.1) is 18.1 Å². The molecule has 1 aliphatic heterocycles. The lowest BCUT2D eigenvalue weighted by Gasteiger charge is -2.03. The number of thiazole rings is 1. The van der Waals surface area contributed by atoms with Crippen molar-refractivity contribution in [2.24, 2.45) is 4.99 Å². The first-order valence-corrected chi connectivity index (χ1v) is 5.10. The minimum atomic E-state index is 0.817. The molecular formula is C8H12N4S. The molecule has 2 heterocycles. The van der Waals surface area contributed by atoms with Crippen LogP contribution in [0.4, 0.5) is 0 Å². The zero-order valence-electron chi connectivity index (χ0n) is 7.50. The number of aromatic nitrogens is 1. The molecule has 0 bridgehead atoms. The molecule has 1 aromatic rings. The number of hydrogen-bond donors (Lipinski definition) is 2. The van der Waals surface area contributed by atoms with Gasteiger partial charge in [-0.2, -0.15) is 0 Å². The molecule has 4 nitrogen and oxygen atoms in total. The first-order valence-electron chi connectivity index (χ1n) is 4.28. The highest BCUT2D eigenvalue weighted by atomic mass is 32.1. The van der Waals surface area contributed by atoms with Crippen molar-refractivity contribution in [3.05, 3.63) is 16.1 Å². The van der Waals surface area contributed by atoms with Gasteiger partial charge in [0.15, 0.2) is 5.96 Å². The van der Waals surface area contributed by atoms with Gasteiger partial charge in [0, 0.05) is 17.6 Å². The fourth-order valence-electron chi connectivity index (χ4n) is 1.17. The highest BCUT2D eigenvalue weighted by molar-refractivity contribution is 7.11. The van der Waals surface area contributed by atoms with Gasteiger partial charge in [-0.3, -0.25) is 4.99 Å². The zero-order valence-corrected chi connectivity index (χ0v) is 8.32. The fourth-order valence-corrected chi connectivity index (χ4v) is 1.91. The quantitative estimate of drug-likeness (QED) is 0.724. The molecule has 0 saturated carbocycles. The van der Waals surface area contributed by atoms with E-state index in [0.717, 1.165) is 30.6 Å². The van der Waals surface area contributed by atoms with Crippen LogP contribution in [0.5, 0.6) is 0 Å². The van der Waals surface area contributed by atoms with Gasteiger partial charge < -0.3 is 10.6 Å². The minimum Gasteiger partial charge on any atom is -0.355 e. The summed E-state index contributed by atoms with van der Waals surface area (Å²) in [4.78, 5) is 9.66. The molecule has 0 fully saturated rings. The summed E-state index contributed by atoms with van der Waals surface area (Å²) >= 11 is 1.71. The van der Waals surface area contributed by atoms with Crippen molar-refractivity contribution in [2.45, 2.75) is 13.5 Å². The minimum absolute atomic E-state index is 0.817. The lowest BCUT2D eigenvalue weighted by Crippen LogP contribution is -2.32. The summed E-state index contributed by atoms with van der Waals surface area (Å²) < 4.78 is 0. The summed E-state index contributed by atoms with van der Waals surface area (Å²) in [6, 6.07) is 0. The molecule has 1 aliphatic rings. The molecule has 0 radical (unpaired) electrons. The van der Waals surface area contributed by atoms with Gasteiger partial charge in [0.1, 0.15) is 0 Å². The average Bonchev–Trinajstić information content (AvgIpc) is 2.71. The van der Waals surface area contributed by atoms with E-state index in [2.05, 4.69) is 20.6 Å². The molecule has 2 N–H and O–H groups in total. The molecular weight excluding hydrogens is 184 g/mol. The van der Waals surface area contributed by atoms with E-state index in [1.807, 2.05) is 13.1 Å². The number of aryl methyl sites for hydroxylation is 1. The molecule has 0 aromatic carbocycles. The predicted octanol–water partition coefficient (Wildman–Crippen LogP) is 0.500. The average molecular weight is 196 g/mol. The Kier molecular flexibility index (Phi) is 2.44. The van der Waals surface area contributed by atoms with Crippen LogP contribution in [0.2, 0.25) is 0 Å². The standard InChI is InChI=1S/C8H12N4S/c1-6-11-4-7(13-6)5-12-8-9-2-3-10-8/h4H,2-3,5H2,1H3,(H2,9,10,12). The van der Waals surface area contributed by atoms with Gasteiger partial charge in [-0.25, -0.2) is 4.98 Å². The Labute approximate surface area is 81.1 Å².